The van der Waals surface area contributed by atoms with Gasteiger partial charge < -0.3 is 4.74 Å². The normalized spacial score (nSPS) is 11.8. The van der Waals surface area contributed by atoms with Crippen molar-refractivity contribution in [2.24, 2.45) is 0 Å². The van der Waals surface area contributed by atoms with E-state index in [0.29, 0.717) is 12.2 Å². The summed E-state index contributed by atoms with van der Waals surface area (Å²) < 4.78 is 5.43. The SMILES string of the molecule is CCC=CCC(=O)Oc1ccccc1C(C)(C)C. The van der Waals surface area contributed by atoms with Crippen LogP contribution in [0.1, 0.15) is 46.1 Å². The Hall–Kier alpha value is -1.57. The molecular formula is C16H22O2. The van der Waals surface area contributed by atoms with Gasteiger partial charge in [0.05, 0.1) is 6.42 Å². The second-order valence-electron chi connectivity index (χ2n) is 5.30. The minimum atomic E-state index is -0.212. The van der Waals surface area contributed by atoms with Crippen LogP contribution in [0.25, 0.3) is 0 Å². The minimum Gasteiger partial charge on any atom is -0.426 e. The standard InChI is InChI=1S/C16H22O2/c1-5-6-7-12-15(17)18-14-11-9-8-10-13(14)16(2,3)4/h6-11H,5,12H2,1-4H3. The molecule has 2 nitrogen and oxygen atoms in total. The molecule has 0 aromatic heterocycles. The molecular weight excluding hydrogens is 224 g/mol. The van der Waals surface area contributed by atoms with Gasteiger partial charge in [0.25, 0.3) is 0 Å². The summed E-state index contributed by atoms with van der Waals surface area (Å²) >= 11 is 0. The van der Waals surface area contributed by atoms with E-state index in [1.807, 2.05) is 43.3 Å². The molecule has 0 N–H and O–H groups in total. The summed E-state index contributed by atoms with van der Waals surface area (Å²) in [6.07, 6.45) is 5.08. The highest BCUT2D eigenvalue weighted by molar-refractivity contribution is 5.74. The van der Waals surface area contributed by atoms with Gasteiger partial charge in [0.15, 0.2) is 0 Å². The van der Waals surface area contributed by atoms with Gasteiger partial charge in [-0.2, -0.15) is 0 Å². The zero-order valence-corrected chi connectivity index (χ0v) is 11.7. The number of carbonyl (C=O) groups is 1. The Morgan fingerprint density at radius 3 is 2.50 bits per heavy atom. The van der Waals surface area contributed by atoms with Crippen molar-refractivity contribution in [1.82, 2.24) is 0 Å². The highest BCUT2D eigenvalue weighted by atomic mass is 16.5. The number of para-hydroxylation sites is 1. The Morgan fingerprint density at radius 1 is 1.22 bits per heavy atom. The van der Waals surface area contributed by atoms with Gasteiger partial charge in [-0.1, -0.05) is 58.0 Å². The van der Waals surface area contributed by atoms with Crippen LogP contribution in [0.15, 0.2) is 36.4 Å². The largest absolute Gasteiger partial charge is 0.426 e. The average molecular weight is 246 g/mol. The van der Waals surface area contributed by atoms with Crippen molar-refractivity contribution in [1.29, 1.82) is 0 Å². The van der Waals surface area contributed by atoms with Crippen LogP contribution in [0.4, 0.5) is 0 Å². The number of benzene rings is 1. The van der Waals surface area contributed by atoms with E-state index in [9.17, 15) is 4.79 Å². The van der Waals surface area contributed by atoms with Gasteiger partial charge >= 0.3 is 5.97 Å². The summed E-state index contributed by atoms with van der Waals surface area (Å²) in [5.74, 6) is 0.455. The van der Waals surface area contributed by atoms with Gasteiger partial charge in [0.1, 0.15) is 5.75 Å². The van der Waals surface area contributed by atoms with Gasteiger partial charge in [-0.3, -0.25) is 4.79 Å². The van der Waals surface area contributed by atoms with Crippen LogP contribution in [0.2, 0.25) is 0 Å². The highest BCUT2D eigenvalue weighted by Gasteiger charge is 2.19. The van der Waals surface area contributed by atoms with Crippen molar-refractivity contribution < 1.29 is 9.53 Å². The van der Waals surface area contributed by atoms with Crippen molar-refractivity contribution >= 4 is 5.97 Å². The monoisotopic (exact) mass is 246 g/mol. The Balaban J connectivity index is 2.79. The van der Waals surface area contributed by atoms with Gasteiger partial charge in [-0.05, 0) is 17.9 Å². The minimum absolute atomic E-state index is 0.0316. The molecule has 0 fully saturated rings. The molecule has 0 heterocycles. The predicted octanol–water partition coefficient (Wildman–Crippen LogP) is 4.25. The first-order valence-corrected chi connectivity index (χ1v) is 6.40. The fraction of sp³-hybridized carbons (Fsp3) is 0.438. The van der Waals surface area contributed by atoms with E-state index < -0.39 is 0 Å². The Bertz CT molecular complexity index is 425. The van der Waals surface area contributed by atoms with Crippen LogP contribution in [0.3, 0.4) is 0 Å². The third kappa shape index (κ3) is 4.36. The number of rotatable bonds is 4. The van der Waals surface area contributed by atoms with Crippen LogP contribution < -0.4 is 4.74 Å². The van der Waals surface area contributed by atoms with Crippen molar-refractivity contribution in [3.8, 4) is 5.75 Å². The van der Waals surface area contributed by atoms with E-state index >= 15 is 0 Å². The van der Waals surface area contributed by atoms with Gasteiger partial charge in [0.2, 0.25) is 0 Å². The molecule has 0 atom stereocenters. The zero-order valence-electron chi connectivity index (χ0n) is 11.7. The Labute approximate surface area is 110 Å². The van der Waals surface area contributed by atoms with E-state index in [-0.39, 0.29) is 11.4 Å². The summed E-state index contributed by atoms with van der Waals surface area (Å²) in [5, 5.41) is 0. The molecule has 0 aliphatic rings. The molecule has 0 unspecified atom stereocenters. The molecule has 0 saturated heterocycles. The van der Waals surface area contributed by atoms with Crippen LogP contribution in [-0.2, 0) is 10.2 Å². The summed E-state index contributed by atoms with van der Waals surface area (Å²) in [4.78, 5) is 11.7. The molecule has 1 rings (SSSR count). The lowest BCUT2D eigenvalue weighted by molar-refractivity contribution is -0.133. The van der Waals surface area contributed by atoms with E-state index in [1.165, 1.54) is 0 Å². The molecule has 98 valence electrons. The molecule has 0 amide bonds. The topological polar surface area (TPSA) is 26.3 Å². The maximum absolute atomic E-state index is 11.7. The fourth-order valence-electron chi connectivity index (χ4n) is 1.69. The van der Waals surface area contributed by atoms with Crippen LogP contribution in [-0.4, -0.2) is 5.97 Å². The average Bonchev–Trinajstić information content (AvgIpc) is 2.28. The smallest absolute Gasteiger partial charge is 0.315 e. The Kier molecular flexibility index (Phi) is 5.14. The molecule has 18 heavy (non-hydrogen) atoms. The molecule has 1 aromatic rings. The highest BCUT2D eigenvalue weighted by Crippen LogP contribution is 2.31. The quantitative estimate of drug-likeness (QED) is 0.451. The second-order valence-corrected chi connectivity index (χ2v) is 5.30. The first kappa shape index (κ1) is 14.5. The van der Waals surface area contributed by atoms with E-state index in [4.69, 9.17) is 4.74 Å². The first-order valence-electron chi connectivity index (χ1n) is 6.40. The fourth-order valence-corrected chi connectivity index (χ4v) is 1.69. The third-order valence-corrected chi connectivity index (χ3v) is 2.61. The van der Waals surface area contributed by atoms with Crippen LogP contribution in [0.5, 0.6) is 5.75 Å². The second kappa shape index (κ2) is 6.39. The van der Waals surface area contributed by atoms with Crippen molar-refractivity contribution in [2.45, 2.75) is 46.0 Å². The summed E-state index contributed by atoms with van der Waals surface area (Å²) in [6, 6.07) is 7.71. The van der Waals surface area contributed by atoms with E-state index in [1.54, 1.807) is 0 Å². The van der Waals surface area contributed by atoms with E-state index in [0.717, 1.165) is 12.0 Å². The summed E-state index contributed by atoms with van der Waals surface area (Å²) in [5.41, 5.74) is 1.02. The number of hydrogen-bond donors (Lipinski definition) is 0. The third-order valence-electron chi connectivity index (χ3n) is 2.61. The number of esters is 1. The zero-order chi connectivity index (χ0) is 13.6. The molecule has 1 aromatic carbocycles. The van der Waals surface area contributed by atoms with Gasteiger partial charge in [0, 0.05) is 5.56 Å². The molecule has 0 bridgehead atoms. The molecule has 0 aliphatic heterocycles. The van der Waals surface area contributed by atoms with Crippen molar-refractivity contribution in [2.75, 3.05) is 0 Å². The van der Waals surface area contributed by atoms with E-state index in [2.05, 4.69) is 20.8 Å². The lowest BCUT2D eigenvalue weighted by atomic mass is 9.86. The molecule has 0 spiro atoms. The number of ether oxygens (including phenoxy) is 1. The molecule has 0 aliphatic carbocycles. The molecule has 2 heteroatoms. The lowest BCUT2D eigenvalue weighted by Gasteiger charge is -2.21. The van der Waals surface area contributed by atoms with Crippen LogP contribution >= 0.6 is 0 Å². The number of hydrogen-bond acceptors (Lipinski definition) is 2. The molecule has 0 radical (unpaired) electrons. The molecule has 0 saturated carbocycles. The van der Waals surface area contributed by atoms with Gasteiger partial charge in [-0.25, -0.2) is 0 Å². The first-order chi connectivity index (χ1) is 8.45. The Morgan fingerprint density at radius 2 is 1.89 bits per heavy atom. The van der Waals surface area contributed by atoms with Gasteiger partial charge in [-0.15, -0.1) is 0 Å². The summed E-state index contributed by atoms with van der Waals surface area (Å²) in [6.45, 7) is 8.36. The van der Waals surface area contributed by atoms with Crippen molar-refractivity contribution in [3.63, 3.8) is 0 Å². The predicted molar refractivity (Wildman–Crippen MR) is 74.8 cm³/mol. The maximum Gasteiger partial charge on any atom is 0.315 e. The van der Waals surface area contributed by atoms with Crippen LogP contribution in [0, 0.1) is 0 Å². The maximum atomic E-state index is 11.7. The van der Waals surface area contributed by atoms with Crippen molar-refractivity contribution in [3.05, 3.63) is 42.0 Å². The number of allylic oxidation sites excluding steroid dienone is 1. The summed E-state index contributed by atoms with van der Waals surface area (Å²) in [7, 11) is 0. The lowest BCUT2D eigenvalue weighted by Crippen LogP contribution is -2.15. The number of carbonyl (C=O) groups excluding carboxylic acids is 1.